The highest BCUT2D eigenvalue weighted by molar-refractivity contribution is 6.11. The van der Waals surface area contributed by atoms with Gasteiger partial charge in [0.25, 0.3) is 11.6 Å². The summed E-state index contributed by atoms with van der Waals surface area (Å²) in [4.78, 5) is 29.4. The number of carbonyl (C=O) groups is 1. The summed E-state index contributed by atoms with van der Waals surface area (Å²) in [6.45, 7) is 0.225. The number of nitrogens with zero attached hydrogens (tertiary/aromatic N) is 3. The maximum atomic E-state index is 13.2. The molecule has 0 bridgehead atoms. The van der Waals surface area contributed by atoms with Crippen LogP contribution in [0.4, 0.5) is 28.4 Å². The zero-order valence-electron chi connectivity index (χ0n) is 22.4. The van der Waals surface area contributed by atoms with Gasteiger partial charge >= 0.3 is 0 Å². The molecule has 0 spiro atoms. The number of para-hydroxylation sites is 1. The standard InChI is InChI=1S/C31H25N5O6/c1-41-28-15-14-20(19-42-35-22-9-3-2-4-10-22)16-27(28)33-34-29-25-13-6-5-8-21(25)17-26(30(29)37)31(38)32-23-11-7-12-24(18-23)36(39)40/h2-18,35,37H,19H2,1H3,(H,32,38). The molecule has 0 aromatic heterocycles. The minimum absolute atomic E-state index is 0.0738. The fourth-order valence-corrected chi connectivity index (χ4v) is 4.20. The normalized spacial score (nSPS) is 11.0. The molecule has 0 unspecified atom stereocenters. The Bertz CT molecular complexity index is 1790. The van der Waals surface area contributed by atoms with Gasteiger partial charge in [-0.3, -0.25) is 25.2 Å². The largest absolute Gasteiger partial charge is 0.505 e. The van der Waals surface area contributed by atoms with E-state index in [9.17, 15) is 20.0 Å². The van der Waals surface area contributed by atoms with Gasteiger partial charge in [0.2, 0.25) is 0 Å². The van der Waals surface area contributed by atoms with Gasteiger partial charge in [-0.05, 0) is 47.3 Å². The Balaban J connectivity index is 1.44. The second-order valence-electron chi connectivity index (χ2n) is 9.07. The highest BCUT2D eigenvalue weighted by Gasteiger charge is 2.19. The van der Waals surface area contributed by atoms with Crippen LogP contribution in [0.15, 0.2) is 113 Å². The average molecular weight is 564 g/mol. The third-order valence-electron chi connectivity index (χ3n) is 6.26. The Labute approximate surface area is 240 Å². The number of nitro groups is 1. The first-order valence-corrected chi connectivity index (χ1v) is 12.7. The third kappa shape index (κ3) is 6.32. The van der Waals surface area contributed by atoms with Crippen molar-refractivity contribution in [3.63, 3.8) is 0 Å². The lowest BCUT2D eigenvalue weighted by molar-refractivity contribution is -0.384. The minimum Gasteiger partial charge on any atom is -0.505 e. The quantitative estimate of drug-likeness (QED) is 0.0897. The van der Waals surface area contributed by atoms with E-state index in [-0.39, 0.29) is 29.2 Å². The summed E-state index contributed by atoms with van der Waals surface area (Å²) < 4.78 is 5.45. The van der Waals surface area contributed by atoms with Crippen LogP contribution in [0.3, 0.4) is 0 Å². The fourth-order valence-electron chi connectivity index (χ4n) is 4.20. The van der Waals surface area contributed by atoms with E-state index in [2.05, 4.69) is 21.0 Å². The lowest BCUT2D eigenvalue weighted by Crippen LogP contribution is -2.12. The van der Waals surface area contributed by atoms with Crippen LogP contribution >= 0.6 is 0 Å². The molecule has 5 rings (SSSR count). The molecule has 0 aliphatic rings. The molecule has 11 heteroatoms. The van der Waals surface area contributed by atoms with E-state index in [0.29, 0.717) is 22.2 Å². The molecule has 42 heavy (non-hydrogen) atoms. The van der Waals surface area contributed by atoms with E-state index in [0.717, 1.165) is 11.3 Å². The van der Waals surface area contributed by atoms with Crippen molar-refractivity contribution in [1.29, 1.82) is 0 Å². The second kappa shape index (κ2) is 12.6. The van der Waals surface area contributed by atoms with Crippen molar-refractivity contribution in [3.05, 3.63) is 124 Å². The predicted molar refractivity (Wildman–Crippen MR) is 159 cm³/mol. The summed E-state index contributed by atoms with van der Waals surface area (Å²) in [6, 6.07) is 28.9. The van der Waals surface area contributed by atoms with E-state index >= 15 is 0 Å². The zero-order chi connectivity index (χ0) is 29.5. The van der Waals surface area contributed by atoms with Crippen molar-refractivity contribution in [2.24, 2.45) is 10.2 Å². The number of carbonyl (C=O) groups excluding carboxylic acids is 1. The van der Waals surface area contributed by atoms with Crippen LogP contribution in [0.5, 0.6) is 11.5 Å². The van der Waals surface area contributed by atoms with Crippen LogP contribution in [0.2, 0.25) is 0 Å². The zero-order valence-corrected chi connectivity index (χ0v) is 22.4. The number of azo groups is 1. The highest BCUT2D eigenvalue weighted by atomic mass is 16.6. The van der Waals surface area contributed by atoms with Gasteiger partial charge in [-0.1, -0.05) is 54.6 Å². The summed E-state index contributed by atoms with van der Waals surface area (Å²) in [5.74, 6) is -0.620. The van der Waals surface area contributed by atoms with Crippen molar-refractivity contribution >= 4 is 45.1 Å². The molecule has 0 atom stereocenters. The lowest BCUT2D eigenvalue weighted by Gasteiger charge is -2.12. The van der Waals surface area contributed by atoms with E-state index in [1.165, 1.54) is 37.4 Å². The topological polar surface area (TPSA) is 148 Å². The average Bonchev–Trinajstić information content (AvgIpc) is 3.01. The molecule has 0 saturated heterocycles. The summed E-state index contributed by atoms with van der Waals surface area (Å²) >= 11 is 0. The first-order valence-electron chi connectivity index (χ1n) is 12.7. The number of phenolic OH excluding ortho intramolecular Hbond substituents is 1. The molecule has 0 aliphatic carbocycles. The van der Waals surface area contributed by atoms with Crippen molar-refractivity contribution < 1.29 is 24.4 Å². The van der Waals surface area contributed by atoms with Crippen LogP contribution in [-0.4, -0.2) is 23.0 Å². The van der Waals surface area contributed by atoms with Crippen molar-refractivity contribution in [1.82, 2.24) is 0 Å². The van der Waals surface area contributed by atoms with Gasteiger partial charge in [-0.2, -0.15) is 0 Å². The number of amides is 1. The summed E-state index contributed by atoms with van der Waals surface area (Å²) in [6.07, 6.45) is 0. The molecule has 0 saturated carbocycles. The number of fused-ring (bicyclic) bond motifs is 1. The van der Waals surface area contributed by atoms with Crippen molar-refractivity contribution in [3.8, 4) is 11.5 Å². The Morgan fingerprint density at radius 3 is 2.45 bits per heavy atom. The maximum absolute atomic E-state index is 13.2. The fraction of sp³-hybridized carbons (Fsp3) is 0.0645. The molecule has 0 heterocycles. The number of nitrogens with one attached hydrogen (secondary N) is 2. The molecule has 1 amide bonds. The van der Waals surface area contributed by atoms with Gasteiger partial charge in [0.15, 0.2) is 5.75 Å². The van der Waals surface area contributed by atoms with Gasteiger partial charge in [0.05, 0.1) is 29.9 Å². The summed E-state index contributed by atoms with van der Waals surface area (Å²) in [5, 5.41) is 34.8. The van der Waals surface area contributed by atoms with Gasteiger partial charge < -0.3 is 15.2 Å². The van der Waals surface area contributed by atoms with Crippen molar-refractivity contribution in [2.75, 3.05) is 17.9 Å². The monoisotopic (exact) mass is 563 g/mol. The van der Waals surface area contributed by atoms with Gasteiger partial charge in [0.1, 0.15) is 17.1 Å². The first kappa shape index (κ1) is 27.7. The van der Waals surface area contributed by atoms with E-state index in [1.807, 2.05) is 36.4 Å². The lowest BCUT2D eigenvalue weighted by atomic mass is 10.0. The summed E-state index contributed by atoms with van der Waals surface area (Å²) in [5.41, 5.74) is 4.88. The van der Waals surface area contributed by atoms with Crippen LogP contribution < -0.4 is 15.5 Å². The number of hydrogen-bond acceptors (Lipinski definition) is 9. The van der Waals surface area contributed by atoms with E-state index < -0.39 is 16.6 Å². The molecule has 5 aromatic rings. The van der Waals surface area contributed by atoms with Crippen molar-refractivity contribution in [2.45, 2.75) is 6.61 Å². The van der Waals surface area contributed by atoms with E-state index in [1.54, 1.807) is 36.4 Å². The number of hydrogen-bond donors (Lipinski definition) is 3. The Morgan fingerprint density at radius 2 is 1.67 bits per heavy atom. The maximum Gasteiger partial charge on any atom is 0.271 e. The SMILES string of the molecule is COc1ccc(CONc2ccccc2)cc1N=Nc1c(O)c(C(=O)Nc2cccc([N+](=O)[O-])c2)cc2ccccc12. The Hall–Kier alpha value is -5.81. The van der Waals surface area contributed by atoms with Crippen LogP contribution in [-0.2, 0) is 11.4 Å². The van der Waals surface area contributed by atoms with E-state index in [4.69, 9.17) is 9.57 Å². The molecule has 0 aliphatic heterocycles. The number of anilines is 2. The number of non-ortho nitro benzene ring substituents is 1. The van der Waals surface area contributed by atoms with Gasteiger partial charge in [-0.15, -0.1) is 10.2 Å². The molecule has 3 N–H and O–H groups in total. The molecule has 0 radical (unpaired) electrons. The Morgan fingerprint density at radius 1 is 0.905 bits per heavy atom. The van der Waals surface area contributed by atoms with Gasteiger partial charge in [0, 0.05) is 23.2 Å². The number of phenols is 1. The minimum atomic E-state index is -0.669. The van der Waals surface area contributed by atoms with Crippen LogP contribution in [0, 0.1) is 10.1 Å². The molecular formula is C31H25N5O6. The summed E-state index contributed by atoms with van der Waals surface area (Å²) in [7, 11) is 1.51. The molecule has 0 fully saturated rings. The number of rotatable bonds is 10. The van der Waals surface area contributed by atoms with Gasteiger partial charge in [-0.25, -0.2) is 0 Å². The number of aromatic hydroxyl groups is 1. The first-order chi connectivity index (χ1) is 20.4. The number of nitro benzene ring substituents is 1. The molecular weight excluding hydrogens is 538 g/mol. The highest BCUT2D eigenvalue weighted by Crippen LogP contribution is 2.40. The van der Waals surface area contributed by atoms with Crippen LogP contribution in [0.1, 0.15) is 15.9 Å². The molecule has 210 valence electrons. The van der Waals surface area contributed by atoms with Crippen LogP contribution in [0.25, 0.3) is 10.8 Å². The molecule has 5 aromatic carbocycles. The number of ether oxygens (including phenoxy) is 1. The smallest absolute Gasteiger partial charge is 0.271 e. The molecule has 11 nitrogen and oxygen atoms in total. The number of methoxy groups -OCH3 is 1. The third-order valence-corrected chi connectivity index (χ3v) is 6.26. The predicted octanol–water partition coefficient (Wildman–Crippen LogP) is 7.67. The Kier molecular flexibility index (Phi) is 8.31. The number of benzene rings is 5. The second-order valence-corrected chi connectivity index (χ2v) is 9.07.